The van der Waals surface area contributed by atoms with E-state index in [0.29, 0.717) is 18.8 Å². The minimum atomic E-state index is -4.83. The van der Waals surface area contributed by atoms with Crippen molar-refractivity contribution in [3.05, 3.63) is 71.0 Å². The van der Waals surface area contributed by atoms with E-state index in [9.17, 15) is 39.5 Å². The molecule has 2 nitrogen and oxygen atoms in total. The first-order valence-electron chi connectivity index (χ1n) is 15.2. The highest BCUT2D eigenvalue weighted by Crippen LogP contribution is 2.43. The van der Waals surface area contributed by atoms with Crippen LogP contribution >= 0.6 is 0 Å². The van der Waals surface area contributed by atoms with E-state index in [1.807, 2.05) is 0 Å². The minimum Gasteiger partial charge on any atom is -0.459 e. The van der Waals surface area contributed by atoms with Gasteiger partial charge in [0.15, 0.2) is 17.4 Å². The van der Waals surface area contributed by atoms with Crippen LogP contribution < -0.4 is 9.47 Å². The fraction of sp³-hybridized carbons (Fsp3) is 0.576. The van der Waals surface area contributed by atoms with Crippen molar-refractivity contribution >= 4 is 0 Å². The second-order valence-electron chi connectivity index (χ2n) is 12.1. The van der Waals surface area contributed by atoms with Crippen LogP contribution in [0.15, 0.2) is 36.6 Å². The van der Waals surface area contributed by atoms with Crippen LogP contribution in [0.1, 0.15) is 101 Å². The molecule has 0 aliphatic heterocycles. The van der Waals surface area contributed by atoms with Crippen molar-refractivity contribution in [1.29, 1.82) is 0 Å². The van der Waals surface area contributed by atoms with E-state index in [1.165, 1.54) is 44.9 Å². The van der Waals surface area contributed by atoms with Gasteiger partial charge in [0.2, 0.25) is 0 Å². The van der Waals surface area contributed by atoms with Gasteiger partial charge in [-0.2, -0.15) is 22.0 Å². The van der Waals surface area contributed by atoms with Gasteiger partial charge in [-0.3, -0.25) is 0 Å². The summed E-state index contributed by atoms with van der Waals surface area (Å²) in [5.74, 6) is -6.98. The average molecular weight is 637 g/mol. The number of hydrogen-bond acceptors (Lipinski definition) is 2. The third kappa shape index (κ3) is 9.10. The van der Waals surface area contributed by atoms with E-state index in [0.717, 1.165) is 43.2 Å². The van der Waals surface area contributed by atoms with Gasteiger partial charge >= 0.3 is 12.3 Å². The number of allylic oxidation sites excluding steroid dienone is 1. The van der Waals surface area contributed by atoms with Crippen molar-refractivity contribution in [3.63, 3.8) is 0 Å². The predicted octanol–water partition coefficient (Wildman–Crippen LogP) is 11.5. The maximum Gasteiger partial charge on any atom is 0.432 e. The molecule has 0 saturated heterocycles. The molecule has 4 rings (SSSR count). The van der Waals surface area contributed by atoms with Crippen LogP contribution in [0.3, 0.4) is 0 Å². The molecule has 0 unspecified atom stereocenters. The number of hydrogen-bond donors (Lipinski definition) is 0. The smallest absolute Gasteiger partial charge is 0.432 e. The lowest BCUT2D eigenvalue weighted by atomic mass is 9.74. The van der Waals surface area contributed by atoms with Crippen LogP contribution in [0.2, 0.25) is 0 Å². The Bertz CT molecular complexity index is 1230. The van der Waals surface area contributed by atoms with Crippen molar-refractivity contribution in [2.75, 3.05) is 0 Å². The Hall–Kier alpha value is -2.85. The highest BCUT2D eigenvalue weighted by Gasteiger charge is 2.42. The maximum absolute atomic E-state index is 14.9. The number of ether oxygens (including phenoxy) is 2. The highest BCUT2D eigenvalue weighted by molar-refractivity contribution is 5.37. The summed E-state index contributed by atoms with van der Waals surface area (Å²) in [5.41, 5.74) is -1.46. The Kier molecular flexibility index (Phi) is 11.2. The lowest BCUT2D eigenvalue weighted by Gasteiger charge is -2.32. The van der Waals surface area contributed by atoms with Crippen molar-refractivity contribution in [3.8, 4) is 11.5 Å². The standard InChI is InChI=1S/C33H37F9O2/c1-2-3-20-4-6-21(7-5-20)8-9-22-10-12-23(13-11-22)24-16-26(34)30(27(35)17-24)33(41,42)44-25-18-28(36)31(29(37)19-25)43-15-14-32(38,39)40/h14-23H,2-13H2,1H3. The van der Waals surface area contributed by atoms with Gasteiger partial charge in [0.25, 0.3) is 0 Å². The summed E-state index contributed by atoms with van der Waals surface area (Å²) in [7, 11) is 0. The zero-order valence-corrected chi connectivity index (χ0v) is 24.5. The molecular formula is C33H37F9O2. The summed E-state index contributed by atoms with van der Waals surface area (Å²) in [4.78, 5) is 0. The molecular weight excluding hydrogens is 599 g/mol. The third-order valence-electron chi connectivity index (χ3n) is 8.98. The molecule has 0 heterocycles. The molecule has 44 heavy (non-hydrogen) atoms. The van der Waals surface area contributed by atoms with Crippen molar-refractivity contribution in [1.82, 2.24) is 0 Å². The summed E-state index contributed by atoms with van der Waals surface area (Å²) in [6.45, 7) is 2.23. The molecule has 2 aromatic rings. The highest BCUT2D eigenvalue weighted by atomic mass is 19.4. The number of rotatable bonds is 11. The van der Waals surface area contributed by atoms with Crippen LogP contribution in [-0.2, 0) is 6.11 Å². The second-order valence-corrected chi connectivity index (χ2v) is 12.1. The van der Waals surface area contributed by atoms with E-state index in [1.54, 1.807) is 0 Å². The van der Waals surface area contributed by atoms with Crippen LogP contribution in [-0.4, -0.2) is 6.18 Å². The second kappa shape index (κ2) is 14.5. The monoisotopic (exact) mass is 636 g/mol. The molecule has 11 heteroatoms. The molecule has 0 aromatic heterocycles. The van der Waals surface area contributed by atoms with Gasteiger partial charge in [0, 0.05) is 12.1 Å². The van der Waals surface area contributed by atoms with Gasteiger partial charge in [-0.15, -0.1) is 0 Å². The Labute approximate surface area is 251 Å². The SMILES string of the molecule is CCCC1CCC(CCC2CCC(c3cc(F)c(C(F)(F)Oc4cc(F)c(OC=CC(F)(F)F)c(F)c4)c(F)c3)CC2)CC1. The van der Waals surface area contributed by atoms with Gasteiger partial charge in [0.05, 0.1) is 12.3 Å². The number of benzene rings is 2. The maximum atomic E-state index is 14.9. The van der Waals surface area contributed by atoms with Crippen LogP contribution in [0.4, 0.5) is 39.5 Å². The van der Waals surface area contributed by atoms with E-state index in [4.69, 9.17) is 0 Å². The summed E-state index contributed by atoms with van der Waals surface area (Å²) >= 11 is 0. The molecule has 2 aliphatic rings. The Morgan fingerprint density at radius 1 is 0.682 bits per heavy atom. The first kappa shape index (κ1) is 34.0. The van der Waals surface area contributed by atoms with Crippen molar-refractivity contribution < 1.29 is 49.0 Å². The molecule has 0 N–H and O–H groups in total. The number of halogens is 9. The Morgan fingerprint density at radius 2 is 1.16 bits per heavy atom. The Balaban J connectivity index is 1.34. The molecule has 2 saturated carbocycles. The lowest BCUT2D eigenvalue weighted by molar-refractivity contribution is -0.189. The molecule has 0 amide bonds. The molecule has 0 bridgehead atoms. The fourth-order valence-corrected chi connectivity index (χ4v) is 6.67. The topological polar surface area (TPSA) is 18.5 Å². The quantitative estimate of drug-likeness (QED) is 0.181. The van der Waals surface area contributed by atoms with Gasteiger partial charge in [-0.25, -0.2) is 17.6 Å². The predicted molar refractivity (Wildman–Crippen MR) is 147 cm³/mol. The van der Waals surface area contributed by atoms with Crippen LogP contribution in [0.5, 0.6) is 11.5 Å². The van der Waals surface area contributed by atoms with Crippen LogP contribution in [0, 0.1) is 41.0 Å². The van der Waals surface area contributed by atoms with Gasteiger partial charge < -0.3 is 9.47 Å². The van der Waals surface area contributed by atoms with Crippen molar-refractivity contribution in [2.45, 2.75) is 102 Å². The molecule has 2 aromatic carbocycles. The van der Waals surface area contributed by atoms with E-state index < -0.39 is 58.7 Å². The van der Waals surface area contributed by atoms with Gasteiger partial charge in [-0.1, -0.05) is 58.3 Å². The summed E-state index contributed by atoms with van der Waals surface area (Å²) in [6, 6.07) is 2.10. The lowest BCUT2D eigenvalue weighted by Crippen LogP contribution is -2.26. The van der Waals surface area contributed by atoms with E-state index in [-0.39, 0.29) is 29.9 Å². The normalized spacial score (nSPS) is 23.2. The van der Waals surface area contributed by atoms with E-state index >= 15 is 0 Å². The first-order valence-corrected chi connectivity index (χ1v) is 15.2. The van der Waals surface area contributed by atoms with Crippen LogP contribution in [0.25, 0.3) is 0 Å². The molecule has 0 radical (unpaired) electrons. The Morgan fingerprint density at radius 3 is 1.64 bits per heavy atom. The van der Waals surface area contributed by atoms with Gasteiger partial charge in [0.1, 0.15) is 22.9 Å². The van der Waals surface area contributed by atoms with E-state index in [2.05, 4.69) is 16.4 Å². The first-order chi connectivity index (χ1) is 20.8. The zero-order valence-electron chi connectivity index (χ0n) is 24.5. The summed E-state index contributed by atoms with van der Waals surface area (Å²) in [6.07, 6.45) is 3.24. The number of alkyl halides is 5. The minimum absolute atomic E-state index is 0.0326. The molecule has 2 fully saturated rings. The molecule has 0 spiro atoms. The third-order valence-corrected chi connectivity index (χ3v) is 8.98. The van der Waals surface area contributed by atoms with Gasteiger partial charge in [-0.05, 0) is 67.1 Å². The molecule has 0 atom stereocenters. The molecule has 2 aliphatic carbocycles. The average Bonchev–Trinajstić information content (AvgIpc) is 2.93. The summed E-state index contributed by atoms with van der Waals surface area (Å²) in [5, 5.41) is 0. The largest absolute Gasteiger partial charge is 0.459 e. The summed E-state index contributed by atoms with van der Waals surface area (Å²) < 4.78 is 133. The fourth-order valence-electron chi connectivity index (χ4n) is 6.67. The zero-order chi connectivity index (χ0) is 32.1. The molecule has 244 valence electrons. The van der Waals surface area contributed by atoms with Crippen molar-refractivity contribution in [2.24, 2.45) is 17.8 Å².